The van der Waals surface area contributed by atoms with E-state index in [0.717, 1.165) is 55.2 Å². The molecule has 2 fully saturated rings. The molecule has 1 aromatic heterocycles. The fourth-order valence-electron chi connectivity index (χ4n) is 4.02. The Kier molecular flexibility index (Phi) is 6.41. The number of fused-ring (bicyclic) bond motifs is 1. The number of rotatable bonds is 7. The molecule has 0 spiro atoms. The van der Waals surface area contributed by atoms with Crippen molar-refractivity contribution in [3.05, 3.63) is 24.5 Å². The highest BCUT2D eigenvalue weighted by Crippen LogP contribution is 2.31. The van der Waals surface area contributed by atoms with Gasteiger partial charge in [-0.05, 0) is 44.6 Å². The van der Waals surface area contributed by atoms with E-state index in [9.17, 15) is 4.79 Å². The van der Waals surface area contributed by atoms with Crippen molar-refractivity contribution in [2.24, 2.45) is 0 Å². The van der Waals surface area contributed by atoms with Gasteiger partial charge in [0.05, 0.1) is 18.2 Å². The van der Waals surface area contributed by atoms with Crippen LogP contribution in [0.15, 0.2) is 24.5 Å². The molecule has 3 N–H and O–H groups in total. The summed E-state index contributed by atoms with van der Waals surface area (Å²) in [5.74, 6) is 0.721. The third-order valence-electron chi connectivity index (χ3n) is 5.52. The van der Waals surface area contributed by atoms with Crippen LogP contribution in [0.4, 0.5) is 5.69 Å². The van der Waals surface area contributed by atoms with Gasteiger partial charge in [0, 0.05) is 43.3 Å². The second-order valence-electron chi connectivity index (χ2n) is 7.65. The van der Waals surface area contributed by atoms with Crippen LogP contribution >= 0.6 is 0 Å². The van der Waals surface area contributed by atoms with Gasteiger partial charge in [-0.2, -0.15) is 0 Å². The fraction of sp³-hybridized carbons (Fsp3) is 0.571. The van der Waals surface area contributed by atoms with Crippen LogP contribution in [-0.4, -0.2) is 59.0 Å². The molecule has 0 radical (unpaired) electrons. The van der Waals surface area contributed by atoms with Gasteiger partial charge in [-0.3, -0.25) is 9.78 Å². The Morgan fingerprint density at radius 2 is 2.00 bits per heavy atom. The third kappa shape index (κ3) is 4.94. The molecular formula is C21H28N4O4. The number of carbonyl (C=O) groups is 1. The summed E-state index contributed by atoms with van der Waals surface area (Å²) >= 11 is 0. The number of nitrogens with one attached hydrogen (secondary N) is 2. The predicted molar refractivity (Wildman–Crippen MR) is 109 cm³/mol. The van der Waals surface area contributed by atoms with Crippen LogP contribution < -0.4 is 15.4 Å². The maximum atomic E-state index is 12.2. The largest absolute Gasteiger partial charge is 0.488 e. The highest BCUT2D eigenvalue weighted by atomic mass is 16.5. The van der Waals surface area contributed by atoms with E-state index in [-0.39, 0.29) is 30.8 Å². The van der Waals surface area contributed by atoms with E-state index >= 15 is 0 Å². The molecule has 1 saturated carbocycles. The molecule has 1 aromatic carbocycles. The summed E-state index contributed by atoms with van der Waals surface area (Å²) < 4.78 is 11.8. The van der Waals surface area contributed by atoms with Gasteiger partial charge in [-0.15, -0.1) is 0 Å². The van der Waals surface area contributed by atoms with E-state index in [2.05, 4.69) is 20.6 Å². The Hall–Kier alpha value is -2.45. The molecule has 1 amide bonds. The minimum atomic E-state index is -0.275. The number of amides is 1. The van der Waals surface area contributed by atoms with E-state index < -0.39 is 0 Å². The number of ether oxygens (including phenoxy) is 2. The van der Waals surface area contributed by atoms with Crippen LogP contribution in [0.1, 0.15) is 38.5 Å². The lowest BCUT2D eigenvalue weighted by Crippen LogP contribution is -2.44. The summed E-state index contributed by atoms with van der Waals surface area (Å²) in [6, 6.07) is 4.00. The molecule has 1 aliphatic carbocycles. The third-order valence-corrected chi connectivity index (χ3v) is 5.52. The second-order valence-corrected chi connectivity index (χ2v) is 7.65. The molecule has 2 heterocycles. The SMILES string of the molecule is O=C(NC1CCC(Oc2cc(NCCO)cc3nccnc23)CC1)C1CCCO1. The highest BCUT2D eigenvalue weighted by molar-refractivity contribution is 5.85. The smallest absolute Gasteiger partial charge is 0.249 e. The van der Waals surface area contributed by atoms with Crippen molar-refractivity contribution in [3.8, 4) is 5.75 Å². The van der Waals surface area contributed by atoms with Gasteiger partial charge in [-0.1, -0.05) is 0 Å². The summed E-state index contributed by atoms with van der Waals surface area (Å²) in [4.78, 5) is 21.1. The lowest BCUT2D eigenvalue weighted by Gasteiger charge is -2.30. The lowest BCUT2D eigenvalue weighted by molar-refractivity contribution is -0.131. The van der Waals surface area contributed by atoms with Gasteiger partial charge in [0.25, 0.3) is 0 Å². The molecule has 1 atom stereocenters. The van der Waals surface area contributed by atoms with Crippen molar-refractivity contribution in [1.29, 1.82) is 0 Å². The van der Waals surface area contributed by atoms with Crippen LogP contribution in [0.5, 0.6) is 5.75 Å². The molecule has 4 rings (SSSR count). The van der Waals surface area contributed by atoms with Crippen molar-refractivity contribution >= 4 is 22.6 Å². The van der Waals surface area contributed by atoms with Crippen LogP contribution in [0.3, 0.4) is 0 Å². The van der Waals surface area contributed by atoms with E-state index in [1.54, 1.807) is 12.4 Å². The van der Waals surface area contributed by atoms with Gasteiger partial charge in [0.15, 0.2) is 0 Å². The van der Waals surface area contributed by atoms with Crippen LogP contribution in [0, 0.1) is 0 Å². The first-order valence-electron chi connectivity index (χ1n) is 10.4. The summed E-state index contributed by atoms with van der Waals surface area (Å²) in [5.41, 5.74) is 2.33. The maximum Gasteiger partial charge on any atom is 0.249 e. The van der Waals surface area contributed by atoms with Gasteiger partial charge >= 0.3 is 0 Å². The predicted octanol–water partition coefficient (Wildman–Crippen LogP) is 2.02. The van der Waals surface area contributed by atoms with Gasteiger partial charge in [0.2, 0.25) is 5.91 Å². The average Bonchev–Trinajstić information content (AvgIpc) is 3.29. The van der Waals surface area contributed by atoms with E-state index in [0.29, 0.717) is 18.9 Å². The summed E-state index contributed by atoms with van der Waals surface area (Å²) in [6.07, 6.45) is 8.40. The minimum Gasteiger partial charge on any atom is -0.488 e. The zero-order valence-corrected chi connectivity index (χ0v) is 16.5. The van der Waals surface area contributed by atoms with Crippen molar-refractivity contribution in [3.63, 3.8) is 0 Å². The highest BCUT2D eigenvalue weighted by Gasteiger charge is 2.28. The first-order valence-corrected chi connectivity index (χ1v) is 10.4. The molecule has 2 aliphatic rings. The van der Waals surface area contributed by atoms with Gasteiger partial charge < -0.3 is 25.2 Å². The monoisotopic (exact) mass is 400 g/mol. The van der Waals surface area contributed by atoms with Crippen molar-refractivity contribution in [1.82, 2.24) is 15.3 Å². The molecule has 29 heavy (non-hydrogen) atoms. The molecule has 1 unspecified atom stereocenters. The van der Waals surface area contributed by atoms with Crippen molar-refractivity contribution in [2.75, 3.05) is 25.1 Å². The summed E-state index contributed by atoms with van der Waals surface area (Å²) in [5, 5.41) is 15.4. The van der Waals surface area contributed by atoms with E-state index in [1.165, 1.54) is 0 Å². The van der Waals surface area contributed by atoms with E-state index in [1.807, 2.05) is 12.1 Å². The number of carbonyl (C=O) groups excluding carboxylic acids is 1. The number of benzene rings is 1. The number of hydrogen-bond donors (Lipinski definition) is 3. The molecule has 8 heteroatoms. The number of aliphatic hydroxyl groups is 1. The standard InChI is InChI=1S/C21H28N4O4/c26-10-9-22-15-12-17-20(24-8-7-23-17)19(13-15)29-16-5-3-14(4-6-16)25-21(27)18-2-1-11-28-18/h7-8,12-14,16,18,22,26H,1-6,9-11H2,(H,25,27). The summed E-state index contributed by atoms with van der Waals surface area (Å²) in [6.45, 7) is 1.19. The van der Waals surface area contributed by atoms with Crippen molar-refractivity contribution < 1.29 is 19.4 Å². The van der Waals surface area contributed by atoms with E-state index in [4.69, 9.17) is 14.6 Å². The second kappa shape index (κ2) is 9.37. The van der Waals surface area contributed by atoms with Gasteiger partial charge in [-0.25, -0.2) is 4.98 Å². The molecule has 1 aliphatic heterocycles. The summed E-state index contributed by atoms with van der Waals surface area (Å²) in [7, 11) is 0. The Balaban J connectivity index is 1.37. The molecule has 1 saturated heterocycles. The molecular weight excluding hydrogens is 372 g/mol. The number of aromatic nitrogens is 2. The zero-order chi connectivity index (χ0) is 20.1. The minimum absolute atomic E-state index is 0.0239. The fourth-order valence-corrected chi connectivity index (χ4v) is 4.02. The van der Waals surface area contributed by atoms with Crippen LogP contribution in [0.25, 0.3) is 11.0 Å². The quantitative estimate of drug-likeness (QED) is 0.653. The number of hydrogen-bond acceptors (Lipinski definition) is 7. The van der Waals surface area contributed by atoms with Gasteiger partial charge in [0.1, 0.15) is 17.4 Å². The molecule has 0 bridgehead atoms. The lowest BCUT2D eigenvalue weighted by atomic mass is 9.92. The average molecular weight is 400 g/mol. The molecule has 2 aromatic rings. The molecule has 8 nitrogen and oxygen atoms in total. The number of aliphatic hydroxyl groups excluding tert-OH is 1. The Labute approximate surface area is 170 Å². The van der Waals surface area contributed by atoms with Crippen molar-refractivity contribution in [2.45, 2.75) is 56.8 Å². The molecule has 156 valence electrons. The Morgan fingerprint density at radius 1 is 1.17 bits per heavy atom. The zero-order valence-electron chi connectivity index (χ0n) is 16.5. The first-order chi connectivity index (χ1) is 14.2. The number of nitrogens with zero attached hydrogens (tertiary/aromatic N) is 2. The Bertz CT molecular complexity index is 833. The van der Waals surface area contributed by atoms with Crippen LogP contribution in [0.2, 0.25) is 0 Å². The number of anilines is 1. The first kappa shape index (κ1) is 19.8. The normalized spacial score (nSPS) is 24.4. The Morgan fingerprint density at radius 3 is 2.76 bits per heavy atom. The topological polar surface area (TPSA) is 106 Å². The maximum absolute atomic E-state index is 12.2. The van der Waals surface area contributed by atoms with Crippen LogP contribution in [-0.2, 0) is 9.53 Å².